The molecule has 1 aromatic heterocycles. The lowest BCUT2D eigenvalue weighted by atomic mass is 9.77. The highest BCUT2D eigenvalue weighted by Gasteiger charge is 2.43. The molecule has 19 nitrogen and oxygen atoms in total. The van der Waals surface area contributed by atoms with Gasteiger partial charge in [-0.15, -0.1) is 4.73 Å². The van der Waals surface area contributed by atoms with Crippen LogP contribution in [0.15, 0.2) is 81.8 Å². The average molecular weight is 1010 g/mol. The third-order valence-electron chi connectivity index (χ3n) is 11.6. The molecule has 3 aliphatic rings. The number of fused-ring (bicyclic) bond motifs is 2. The largest absolute Gasteiger partial charge is 0.492 e. The maximum atomic E-state index is 12.5. The highest BCUT2D eigenvalue weighted by atomic mass is 32.2. The molecule has 0 bridgehead atoms. The summed E-state index contributed by atoms with van der Waals surface area (Å²) in [4.78, 5) is 19.2. The first-order valence-corrected chi connectivity index (χ1v) is 26.7. The second-order valence-electron chi connectivity index (χ2n) is 17.8. The summed E-state index contributed by atoms with van der Waals surface area (Å²) < 4.78 is 121. The van der Waals surface area contributed by atoms with E-state index in [-0.39, 0.29) is 36.0 Å². The number of carbonyl (C=O) groups excluding carboxylic acids is 1. The van der Waals surface area contributed by atoms with E-state index < -0.39 is 65.0 Å². The van der Waals surface area contributed by atoms with Crippen LogP contribution in [0.2, 0.25) is 0 Å². The van der Waals surface area contributed by atoms with Crippen LogP contribution in [0.1, 0.15) is 89.5 Å². The Balaban J connectivity index is 1.54. The second kappa shape index (κ2) is 22.6. The Morgan fingerprint density at radius 1 is 0.824 bits per heavy atom. The lowest BCUT2D eigenvalue weighted by molar-refractivity contribution is -0.145. The first-order valence-electron chi connectivity index (χ1n) is 22.0. The fourth-order valence-electron chi connectivity index (χ4n) is 8.22. The van der Waals surface area contributed by atoms with Gasteiger partial charge in [-0.05, 0) is 91.6 Å². The van der Waals surface area contributed by atoms with Crippen molar-refractivity contribution in [3.8, 4) is 23.1 Å². The van der Waals surface area contributed by atoms with Crippen LogP contribution in [-0.4, -0.2) is 118 Å². The minimum atomic E-state index is -4.65. The summed E-state index contributed by atoms with van der Waals surface area (Å²) in [5.41, 5.74) is 2.16. The van der Waals surface area contributed by atoms with Crippen LogP contribution in [0.5, 0.6) is 11.8 Å². The maximum absolute atomic E-state index is 12.5. The van der Waals surface area contributed by atoms with Crippen LogP contribution in [0, 0.1) is 0 Å². The van der Waals surface area contributed by atoms with Gasteiger partial charge >= 0.3 is 5.97 Å². The predicted molar refractivity (Wildman–Crippen MR) is 254 cm³/mol. The van der Waals surface area contributed by atoms with Gasteiger partial charge in [-0.3, -0.25) is 13.7 Å². The lowest BCUT2D eigenvalue weighted by Crippen LogP contribution is -2.35. The van der Waals surface area contributed by atoms with Gasteiger partial charge in [-0.1, -0.05) is 33.3 Å². The van der Waals surface area contributed by atoms with E-state index in [0.717, 1.165) is 16.5 Å². The summed E-state index contributed by atoms with van der Waals surface area (Å²) in [6.45, 7) is 10.2. The summed E-state index contributed by atoms with van der Waals surface area (Å²) in [5, 5.41) is 20.4. The molecule has 3 heterocycles. The summed E-state index contributed by atoms with van der Waals surface area (Å²) in [5.74, 6) is -1.54. The number of allylic oxidation sites excluding steroid dienone is 3. The Morgan fingerprint density at radius 3 is 2.16 bits per heavy atom. The molecule has 374 valence electrons. The number of aromatic hydroxyl groups is 2. The van der Waals surface area contributed by atoms with Crippen molar-refractivity contribution in [3.63, 3.8) is 0 Å². The molecular weight excluding hydrogens is 947 g/mol. The molecule has 2 aliphatic heterocycles. The lowest BCUT2D eigenvalue weighted by Gasteiger charge is -2.30. The molecular formula is C46H62N3O16S3+. The molecule has 1 atom stereocenters. The quantitative estimate of drug-likeness (QED) is 0.0333. The van der Waals surface area contributed by atoms with Crippen molar-refractivity contribution in [2.24, 2.45) is 0 Å². The molecule has 1 aliphatic carbocycles. The predicted octanol–water partition coefficient (Wildman–Crippen LogP) is 5.41. The number of unbranched alkanes of at least 4 members (excludes halogenated alkanes) is 2. The average Bonchev–Trinajstić information content (AvgIpc) is 3.67. The van der Waals surface area contributed by atoms with Gasteiger partial charge < -0.3 is 33.8 Å². The molecule has 0 saturated heterocycles. The van der Waals surface area contributed by atoms with Crippen LogP contribution in [0.3, 0.4) is 0 Å². The van der Waals surface area contributed by atoms with E-state index in [1.165, 1.54) is 24.3 Å². The van der Waals surface area contributed by atoms with Gasteiger partial charge in [-0.2, -0.15) is 25.3 Å². The molecule has 0 fully saturated rings. The number of hydrogen-bond acceptors (Lipinski definition) is 14. The zero-order valence-corrected chi connectivity index (χ0v) is 41.3. The van der Waals surface area contributed by atoms with Crippen molar-refractivity contribution in [2.75, 3.05) is 63.0 Å². The standard InChI is InChI=1S/C46H61N3O16S3/c1-45(2,3)37-31-34(64-40-30-33(15-17-36(37)40)47(22-11-29-67(56,57)58)24-25-63-27-26-62-5)12-9-13-41-46(4,21-10-28-66(53,54)55)38-32-35(68(59,60)61)16-18-39(38)48(41)23-8-6-7-14-44(52)65-49-42(50)19-20-43(49)51/h9,12-13,15-20,30-32H,6-8,10-11,14,21-29H2,1-5H3,(H4-,50,51,53,54,55,56,57,58,59,60,61)/p+1. The van der Waals surface area contributed by atoms with Crippen LogP contribution in [0.25, 0.3) is 17.4 Å². The van der Waals surface area contributed by atoms with Gasteiger partial charge in [0.15, 0.2) is 6.54 Å². The highest BCUT2D eigenvalue weighted by Crippen LogP contribution is 2.51. The fourth-order valence-corrected chi connectivity index (χ4v) is 9.73. The minimum absolute atomic E-state index is 0.00220. The Hall–Kier alpha value is -5.07. The Kier molecular flexibility index (Phi) is 17.9. The zero-order valence-electron chi connectivity index (χ0n) is 38.8. The highest BCUT2D eigenvalue weighted by molar-refractivity contribution is 7.86. The van der Waals surface area contributed by atoms with Crippen molar-refractivity contribution >= 4 is 48.1 Å². The van der Waals surface area contributed by atoms with Crippen LogP contribution >= 0.6 is 0 Å². The molecule has 0 spiro atoms. The zero-order chi connectivity index (χ0) is 50.1. The molecule has 2 aromatic rings. The van der Waals surface area contributed by atoms with Crippen LogP contribution in [-0.2, 0) is 55.5 Å². The number of benzene rings is 2. The first-order chi connectivity index (χ1) is 31.8. The summed E-state index contributed by atoms with van der Waals surface area (Å²) >= 11 is 0. The molecule has 22 heteroatoms. The summed E-state index contributed by atoms with van der Waals surface area (Å²) in [7, 11) is -11.6. The van der Waals surface area contributed by atoms with Gasteiger partial charge in [0.1, 0.15) is 24.7 Å². The smallest absolute Gasteiger partial charge is 0.333 e. The Labute approximate surface area is 397 Å². The van der Waals surface area contributed by atoms with E-state index in [1.54, 1.807) is 25.3 Å². The third kappa shape index (κ3) is 14.7. The van der Waals surface area contributed by atoms with Crippen LogP contribution in [0.4, 0.5) is 5.69 Å². The normalized spacial score (nSPS) is 16.8. The van der Waals surface area contributed by atoms with E-state index in [0.29, 0.717) is 91.9 Å². The monoisotopic (exact) mass is 1010 g/mol. The van der Waals surface area contributed by atoms with E-state index >= 15 is 0 Å². The molecule has 1 aromatic carbocycles. The van der Waals surface area contributed by atoms with Crippen molar-refractivity contribution in [3.05, 3.63) is 94.7 Å². The SMILES string of the molecule is COCCOCC[N+](CCCS(=O)(=O)O)=c1ccc2c(C(C)(C)C)cc(C=CC=C3N(CCCCCC(=O)On4c(O)ccc4O)c4ccc(S(=O)(=O)O)cc4C3(C)CCCS(=O)(=O)O)oc-2c1. The number of nitrogens with zero attached hydrogens (tertiary/aromatic N) is 3. The van der Waals surface area contributed by atoms with Crippen molar-refractivity contribution in [1.82, 2.24) is 9.31 Å². The van der Waals surface area contributed by atoms with Crippen LogP contribution < -0.4 is 19.7 Å². The van der Waals surface area contributed by atoms with E-state index in [9.17, 15) is 53.9 Å². The van der Waals surface area contributed by atoms with Crippen molar-refractivity contribution in [1.29, 1.82) is 0 Å². The Morgan fingerprint density at radius 2 is 1.51 bits per heavy atom. The summed E-state index contributed by atoms with van der Waals surface area (Å²) in [6.07, 6.45) is 7.02. The van der Waals surface area contributed by atoms with E-state index in [1.807, 2.05) is 46.7 Å². The molecule has 0 amide bonds. The van der Waals surface area contributed by atoms with Gasteiger partial charge in [0.05, 0.1) is 35.7 Å². The van der Waals surface area contributed by atoms with Gasteiger partial charge in [0.25, 0.3) is 30.4 Å². The fraction of sp³-hybridized carbons (Fsp3) is 0.478. The number of hydrogen-bond donors (Lipinski definition) is 5. The molecule has 5 N–H and O–H groups in total. The van der Waals surface area contributed by atoms with Crippen molar-refractivity contribution in [2.45, 2.75) is 88.4 Å². The van der Waals surface area contributed by atoms with E-state index in [2.05, 4.69) is 20.8 Å². The number of ether oxygens (including phenoxy) is 2. The molecule has 68 heavy (non-hydrogen) atoms. The minimum Gasteiger partial charge on any atom is -0.492 e. The van der Waals surface area contributed by atoms with Crippen molar-refractivity contribution < 1.29 is 72.6 Å². The number of rotatable bonds is 24. The van der Waals surface area contributed by atoms with Gasteiger partial charge in [0, 0.05) is 67.1 Å². The third-order valence-corrected chi connectivity index (χ3v) is 14.0. The Bertz CT molecular complexity index is 2840. The second-order valence-corrected chi connectivity index (χ2v) is 22.3. The summed E-state index contributed by atoms with van der Waals surface area (Å²) in [6, 6.07) is 14.2. The van der Waals surface area contributed by atoms with E-state index in [4.69, 9.17) is 18.7 Å². The topological polar surface area (TPSA) is 273 Å². The number of carbonyl (C=O) groups is 1. The first kappa shape index (κ1) is 53.9. The number of anilines is 1. The van der Waals surface area contributed by atoms with Gasteiger partial charge in [0.2, 0.25) is 17.1 Å². The maximum Gasteiger partial charge on any atom is 0.333 e. The molecule has 5 rings (SSSR count). The molecule has 0 radical (unpaired) electrons. The van der Waals surface area contributed by atoms with Gasteiger partial charge in [-0.25, -0.2) is 9.37 Å². The number of aromatic nitrogens is 1. The molecule has 1 unspecified atom stereocenters. The number of methoxy groups -OCH3 is 1. The molecule has 0 saturated carbocycles.